The lowest BCUT2D eigenvalue weighted by Crippen LogP contribution is -2.47. The molecule has 0 aliphatic heterocycles. The summed E-state index contributed by atoms with van der Waals surface area (Å²) in [5.41, 5.74) is 6.91. The molecular weight excluding hydrogens is 216 g/mol. The van der Waals surface area contributed by atoms with E-state index in [4.69, 9.17) is 10.8 Å². The van der Waals surface area contributed by atoms with Crippen LogP contribution in [0.25, 0.3) is 0 Å². The minimum Gasteiger partial charge on any atom is -0.392 e. The molecular formula is C13H18N2O2. The van der Waals surface area contributed by atoms with E-state index in [1.807, 2.05) is 0 Å². The summed E-state index contributed by atoms with van der Waals surface area (Å²) < 4.78 is 0. The minimum atomic E-state index is -0.352. The number of anilines is 1. The van der Waals surface area contributed by atoms with Gasteiger partial charge >= 0.3 is 0 Å². The molecule has 1 aromatic carbocycles. The third-order valence-electron chi connectivity index (χ3n) is 3.58. The number of aliphatic hydroxyl groups excluding tert-OH is 1. The van der Waals surface area contributed by atoms with E-state index >= 15 is 0 Å². The molecule has 0 bridgehead atoms. The number of nitrogens with one attached hydrogen (secondary N) is 1. The van der Waals surface area contributed by atoms with Gasteiger partial charge in [-0.25, -0.2) is 0 Å². The number of aliphatic hydroxyl groups is 1. The monoisotopic (exact) mass is 234 g/mol. The largest absolute Gasteiger partial charge is 0.392 e. The maximum absolute atomic E-state index is 12.1. The molecule has 1 amide bonds. The Bertz CT molecular complexity index is 391. The number of benzene rings is 1. The Kier molecular flexibility index (Phi) is 3.45. The third kappa shape index (κ3) is 2.33. The van der Waals surface area contributed by atoms with Gasteiger partial charge in [0, 0.05) is 12.2 Å². The fourth-order valence-corrected chi connectivity index (χ4v) is 2.08. The van der Waals surface area contributed by atoms with Crippen LogP contribution < -0.4 is 11.1 Å². The van der Waals surface area contributed by atoms with Gasteiger partial charge in [-0.2, -0.15) is 0 Å². The van der Waals surface area contributed by atoms with E-state index in [1.165, 1.54) is 0 Å². The van der Waals surface area contributed by atoms with Crippen LogP contribution in [0.2, 0.25) is 0 Å². The average molecular weight is 234 g/mol. The van der Waals surface area contributed by atoms with E-state index < -0.39 is 0 Å². The van der Waals surface area contributed by atoms with Crippen LogP contribution >= 0.6 is 0 Å². The number of rotatable bonds is 4. The first-order chi connectivity index (χ1) is 8.20. The van der Waals surface area contributed by atoms with Crippen molar-refractivity contribution in [1.82, 2.24) is 0 Å². The smallest absolute Gasteiger partial charge is 0.231 e. The lowest BCUT2D eigenvalue weighted by atomic mass is 9.68. The summed E-state index contributed by atoms with van der Waals surface area (Å²) in [6.45, 7) is 0.425. The Morgan fingerprint density at radius 2 is 2.00 bits per heavy atom. The topological polar surface area (TPSA) is 75.4 Å². The molecule has 1 aliphatic rings. The first-order valence-electron chi connectivity index (χ1n) is 5.91. The maximum Gasteiger partial charge on any atom is 0.231 e. The van der Waals surface area contributed by atoms with Gasteiger partial charge in [-0.15, -0.1) is 0 Å². The predicted molar refractivity (Wildman–Crippen MR) is 66.3 cm³/mol. The zero-order chi connectivity index (χ0) is 12.3. The molecule has 4 heteroatoms. The summed E-state index contributed by atoms with van der Waals surface area (Å²) in [6, 6.07) is 7.19. The number of amides is 1. The van der Waals surface area contributed by atoms with Crippen molar-refractivity contribution in [3.8, 4) is 0 Å². The average Bonchev–Trinajstić information content (AvgIpc) is 2.29. The molecule has 4 N–H and O–H groups in total. The van der Waals surface area contributed by atoms with Crippen LogP contribution in [0, 0.1) is 5.41 Å². The molecule has 0 radical (unpaired) electrons. The van der Waals surface area contributed by atoms with Gasteiger partial charge in [0.2, 0.25) is 5.91 Å². The Hall–Kier alpha value is -1.39. The molecule has 92 valence electrons. The van der Waals surface area contributed by atoms with Gasteiger partial charge in [-0.1, -0.05) is 18.6 Å². The SMILES string of the molecule is NCC1(C(=O)Nc2ccc(CO)cc2)CCC1. The summed E-state index contributed by atoms with van der Waals surface area (Å²) in [5.74, 6) is 0.0167. The highest BCUT2D eigenvalue weighted by atomic mass is 16.3. The molecule has 4 nitrogen and oxygen atoms in total. The third-order valence-corrected chi connectivity index (χ3v) is 3.58. The number of hydrogen-bond donors (Lipinski definition) is 3. The zero-order valence-corrected chi connectivity index (χ0v) is 9.78. The van der Waals surface area contributed by atoms with Crippen molar-refractivity contribution >= 4 is 11.6 Å². The summed E-state index contributed by atoms with van der Waals surface area (Å²) in [7, 11) is 0. The Labute approximate surface area is 101 Å². The first kappa shape index (κ1) is 12.1. The second-order valence-corrected chi connectivity index (χ2v) is 4.65. The summed E-state index contributed by atoms with van der Waals surface area (Å²) in [4.78, 5) is 12.1. The minimum absolute atomic E-state index is 0.0148. The Morgan fingerprint density at radius 3 is 2.41 bits per heavy atom. The molecule has 1 aromatic rings. The molecule has 0 heterocycles. The van der Waals surface area contributed by atoms with Crippen molar-refractivity contribution < 1.29 is 9.90 Å². The molecule has 0 atom stereocenters. The van der Waals surface area contributed by atoms with Crippen LogP contribution in [0.4, 0.5) is 5.69 Å². The number of nitrogens with two attached hydrogens (primary N) is 1. The van der Waals surface area contributed by atoms with Gasteiger partial charge in [0.15, 0.2) is 0 Å². The summed E-state index contributed by atoms with van der Waals surface area (Å²) >= 11 is 0. The van der Waals surface area contributed by atoms with E-state index in [0.29, 0.717) is 6.54 Å². The van der Waals surface area contributed by atoms with Crippen molar-refractivity contribution in [3.05, 3.63) is 29.8 Å². The second-order valence-electron chi connectivity index (χ2n) is 4.65. The Morgan fingerprint density at radius 1 is 1.35 bits per heavy atom. The quantitative estimate of drug-likeness (QED) is 0.733. The predicted octanol–water partition coefficient (Wildman–Crippen LogP) is 1.25. The van der Waals surface area contributed by atoms with E-state index in [0.717, 1.165) is 30.5 Å². The van der Waals surface area contributed by atoms with Gasteiger partial charge in [0.05, 0.1) is 12.0 Å². The lowest BCUT2D eigenvalue weighted by Gasteiger charge is -2.39. The van der Waals surface area contributed by atoms with Gasteiger partial charge in [-0.3, -0.25) is 4.79 Å². The zero-order valence-electron chi connectivity index (χ0n) is 9.78. The second kappa shape index (κ2) is 4.85. The number of carbonyl (C=O) groups excluding carboxylic acids is 1. The Balaban J connectivity index is 2.02. The van der Waals surface area contributed by atoms with E-state index in [-0.39, 0.29) is 17.9 Å². The van der Waals surface area contributed by atoms with Gasteiger partial charge in [0.25, 0.3) is 0 Å². The van der Waals surface area contributed by atoms with Crippen molar-refractivity contribution in [2.75, 3.05) is 11.9 Å². The van der Waals surface area contributed by atoms with Crippen molar-refractivity contribution in [1.29, 1.82) is 0 Å². The van der Waals surface area contributed by atoms with Crippen LogP contribution in [0.1, 0.15) is 24.8 Å². The van der Waals surface area contributed by atoms with Crippen molar-refractivity contribution in [2.24, 2.45) is 11.1 Å². The number of hydrogen-bond acceptors (Lipinski definition) is 3. The molecule has 0 saturated heterocycles. The normalized spacial score (nSPS) is 17.3. The number of carbonyl (C=O) groups is 1. The standard InChI is InChI=1S/C13H18N2O2/c14-9-13(6-1-7-13)12(17)15-11-4-2-10(8-16)3-5-11/h2-5,16H,1,6-9,14H2,(H,15,17). The summed E-state index contributed by atoms with van der Waals surface area (Å²) in [6.07, 6.45) is 2.84. The van der Waals surface area contributed by atoms with Crippen LogP contribution in [0.3, 0.4) is 0 Å². The van der Waals surface area contributed by atoms with Gasteiger partial charge in [0.1, 0.15) is 0 Å². The maximum atomic E-state index is 12.1. The molecule has 0 aromatic heterocycles. The summed E-state index contributed by atoms with van der Waals surface area (Å²) in [5, 5.41) is 11.8. The van der Waals surface area contributed by atoms with Crippen molar-refractivity contribution in [2.45, 2.75) is 25.9 Å². The van der Waals surface area contributed by atoms with E-state index in [2.05, 4.69) is 5.32 Å². The first-order valence-corrected chi connectivity index (χ1v) is 5.91. The van der Waals surface area contributed by atoms with Crippen LogP contribution in [-0.4, -0.2) is 17.6 Å². The highest BCUT2D eigenvalue weighted by Gasteiger charge is 2.42. The fourth-order valence-electron chi connectivity index (χ4n) is 2.08. The van der Waals surface area contributed by atoms with Gasteiger partial charge < -0.3 is 16.2 Å². The lowest BCUT2D eigenvalue weighted by molar-refractivity contribution is -0.129. The van der Waals surface area contributed by atoms with E-state index in [1.54, 1.807) is 24.3 Å². The molecule has 0 spiro atoms. The highest BCUT2D eigenvalue weighted by molar-refractivity contribution is 5.96. The highest BCUT2D eigenvalue weighted by Crippen LogP contribution is 2.40. The van der Waals surface area contributed by atoms with Gasteiger partial charge in [-0.05, 0) is 30.5 Å². The van der Waals surface area contributed by atoms with Crippen LogP contribution in [-0.2, 0) is 11.4 Å². The molecule has 0 unspecified atom stereocenters. The van der Waals surface area contributed by atoms with Crippen LogP contribution in [0.15, 0.2) is 24.3 Å². The molecule has 1 saturated carbocycles. The molecule has 2 rings (SSSR count). The van der Waals surface area contributed by atoms with Crippen LogP contribution in [0.5, 0.6) is 0 Å². The fraction of sp³-hybridized carbons (Fsp3) is 0.462. The van der Waals surface area contributed by atoms with E-state index in [9.17, 15) is 4.79 Å². The molecule has 1 aliphatic carbocycles. The molecule has 1 fully saturated rings. The molecule has 17 heavy (non-hydrogen) atoms. The van der Waals surface area contributed by atoms with Crippen molar-refractivity contribution in [3.63, 3.8) is 0 Å².